The molecule has 0 saturated heterocycles. The largest absolute Gasteiger partial charge is 0.455 e. The predicted molar refractivity (Wildman–Crippen MR) is 227 cm³/mol. The van der Waals surface area contributed by atoms with E-state index in [2.05, 4.69) is 87.7 Å². The predicted octanol–water partition coefficient (Wildman–Crippen LogP) is 12.9. The smallest absolute Gasteiger partial charge is 0.167 e. The van der Waals surface area contributed by atoms with E-state index in [4.69, 9.17) is 24.4 Å². The summed E-state index contributed by atoms with van der Waals surface area (Å²) in [6.07, 6.45) is 1.85. The van der Waals surface area contributed by atoms with E-state index in [0.717, 1.165) is 54.9 Å². The fourth-order valence-corrected chi connectivity index (χ4v) is 9.03. The molecule has 0 amide bonds. The molecule has 0 N–H and O–H groups in total. The number of rotatable bonds is 7. The fraction of sp³-hybridized carbons (Fsp3) is 0.0612. The standard InChI is InChI=1S/C49H34N4OS/c1-5-34-35-22-15-23-37(47-52-45(30-16-9-6-10-17-30)51-46(53-47)31-18-11-7-12-19-31)43(35)54-42(34)29(2)33-24-25-36-39(28-33)49(3,4)38-26-27-40-44(41(36)38)55-48(50-40)32-20-13-8-14-21-32/h5-28H,1-2H2,3-4H3. The van der Waals surface area contributed by atoms with E-state index >= 15 is 0 Å². The van der Waals surface area contributed by atoms with E-state index in [1.54, 1.807) is 11.3 Å². The maximum atomic E-state index is 6.84. The Kier molecular flexibility index (Phi) is 7.58. The van der Waals surface area contributed by atoms with Crippen molar-refractivity contribution in [2.24, 2.45) is 0 Å². The van der Waals surface area contributed by atoms with Crippen LogP contribution in [-0.4, -0.2) is 19.9 Å². The molecular formula is C49H34N4OS. The van der Waals surface area contributed by atoms with Crippen LogP contribution in [0, 0.1) is 0 Å². The van der Waals surface area contributed by atoms with Crippen molar-refractivity contribution in [3.63, 3.8) is 0 Å². The normalized spacial score (nSPS) is 12.8. The van der Waals surface area contributed by atoms with E-state index in [9.17, 15) is 0 Å². The molecule has 3 heterocycles. The van der Waals surface area contributed by atoms with E-state index in [1.807, 2.05) is 84.9 Å². The Morgan fingerprint density at radius 1 is 0.636 bits per heavy atom. The van der Waals surface area contributed by atoms with Gasteiger partial charge in [-0.05, 0) is 40.5 Å². The summed E-state index contributed by atoms with van der Waals surface area (Å²) in [6.45, 7) is 13.5. The van der Waals surface area contributed by atoms with Gasteiger partial charge in [0.15, 0.2) is 17.5 Å². The fourth-order valence-electron chi connectivity index (χ4n) is 7.90. The molecule has 9 aromatic rings. The SMILES string of the molecule is C=Cc1c(C(=C)c2ccc3c(c2)C(C)(C)c2ccc4nc(-c5ccccc5)sc4c2-3)oc2c(-c3nc(-c4ccccc4)nc(-c4ccccc4)n3)cccc12. The molecule has 5 nitrogen and oxygen atoms in total. The first kappa shape index (κ1) is 32.9. The van der Waals surface area contributed by atoms with E-state index in [-0.39, 0.29) is 5.41 Å². The van der Waals surface area contributed by atoms with Crippen molar-refractivity contribution < 1.29 is 4.42 Å². The van der Waals surface area contributed by atoms with Crippen molar-refractivity contribution in [1.29, 1.82) is 0 Å². The average Bonchev–Trinajstić information content (AvgIpc) is 3.91. The number of aromatic nitrogens is 4. The lowest BCUT2D eigenvalue weighted by Crippen LogP contribution is -2.15. The number of benzene rings is 6. The first-order chi connectivity index (χ1) is 26.9. The molecule has 1 aliphatic rings. The Hall–Kier alpha value is -6.76. The monoisotopic (exact) mass is 726 g/mol. The van der Waals surface area contributed by atoms with Crippen LogP contribution in [0.15, 0.2) is 157 Å². The molecule has 0 fully saturated rings. The summed E-state index contributed by atoms with van der Waals surface area (Å²) in [7, 11) is 0. The quantitative estimate of drug-likeness (QED) is 0.164. The van der Waals surface area contributed by atoms with Crippen molar-refractivity contribution >= 4 is 44.2 Å². The van der Waals surface area contributed by atoms with Crippen LogP contribution >= 0.6 is 11.3 Å². The Balaban J connectivity index is 1.08. The van der Waals surface area contributed by atoms with Crippen molar-refractivity contribution in [2.45, 2.75) is 19.3 Å². The number of furan rings is 1. The second-order valence-corrected chi connectivity index (χ2v) is 15.4. The first-order valence-corrected chi connectivity index (χ1v) is 19.1. The summed E-state index contributed by atoms with van der Waals surface area (Å²) in [5.74, 6) is 2.39. The van der Waals surface area contributed by atoms with Gasteiger partial charge in [-0.25, -0.2) is 19.9 Å². The molecule has 0 saturated carbocycles. The minimum Gasteiger partial charge on any atom is -0.455 e. The second kappa shape index (κ2) is 12.7. The lowest BCUT2D eigenvalue weighted by atomic mass is 9.81. The van der Waals surface area contributed by atoms with Gasteiger partial charge in [-0.3, -0.25) is 0 Å². The number of fused-ring (bicyclic) bond motifs is 6. The van der Waals surface area contributed by atoms with Crippen molar-refractivity contribution in [3.05, 3.63) is 181 Å². The molecule has 0 spiro atoms. The van der Waals surface area contributed by atoms with E-state index in [0.29, 0.717) is 28.8 Å². The molecule has 6 heteroatoms. The van der Waals surface area contributed by atoms with Gasteiger partial charge in [-0.1, -0.05) is 154 Å². The van der Waals surface area contributed by atoms with Crippen LogP contribution in [0.4, 0.5) is 0 Å². The summed E-state index contributed by atoms with van der Waals surface area (Å²) in [4.78, 5) is 19.9. The highest BCUT2D eigenvalue weighted by Gasteiger charge is 2.37. The maximum Gasteiger partial charge on any atom is 0.167 e. The summed E-state index contributed by atoms with van der Waals surface area (Å²) in [5.41, 5.74) is 12.9. The molecule has 3 aromatic heterocycles. The summed E-state index contributed by atoms with van der Waals surface area (Å²) in [5, 5.41) is 1.95. The number of hydrogen-bond donors (Lipinski definition) is 0. The molecule has 0 bridgehead atoms. The van der Waals surface area contributed by atoms with Gasteiger partial charge in [0.25, 0.3) is 0 Å². The molecule has 0 radical (unpaired) electrons. The highest BCUT2D eigenvalue weighted by Crippen LogP contribution is 2.53. The van der Waals surface area contributed by atoms with Crippen LogP contribution in [-0.2, 0) is 5.41 Å². The Morgan fingerprint density at radius 3 is 1.93 bits per heavy atom. The first-order valence-electron chi connectivity index (χ1n) is 18.3. The van der Waals surface area contributed by atoms with Crippen LogP contribution in [0.5, 0.6) is 0 Å². The molecule has 262 valence electrons. The van der Waals surface area contributed by atoms with Crippen molar-refractivity contribution in [3.8, 4) is 55.9 Å². The topological polar surface area (TPSA) is 64.7 Å². The zero-order chi connectivity index (χ0) is 37.3. The van der Waals surface area contributed by atoms with Gasteiger partial charge in [0.2, 0.25) is 0 Å². The molecule has 0 unspecified atom stereocenters. The van der Waals surface area contributed by atoms with Crippen LogP contribution in [0.25, 0.3) is 88.7 Å². The highest BCUT2D eigenvalue weighted by atomic mass is 32.1. The third-order valence-corrected chi connectivity index (χ3v) is 11.9. The van der Waals surface area contributed by atoms with Crippen molar-refractivity contribution in [1.82, 2.24) is 19.9 Å². The van der Waals surface area contributed by atoms with Gasteiger partial charge in [-0.2, -0.15) is 0 Å². The van der Waals surface area contributed by atoms with Crippen LogP contribution < -0.4 is 0 Å². The Morgan fingerprint density at radius 2 is 1.27 bits per heavy atom. The number of hydrogen-bond acceptors (Lipinski definition) is 6. The lowest BCUT2D eigenvalue weighted by molar-refractivity contribution is 0.600. The van der Waals surface area contributed by atoms with E-state index < -0.39 is 0 Å². The van der Waals surface area contributed by atoms with Crippen LogP contribution in [0.1, 0.15) is 41.9 Å². The van der Waals surface area contributed by atoms with Crippen LogP contribution in [0.3, 0.4) is 0 Å². The van der Waals surface area contributed by atoms with Gasteiger partial charge in [-0.15, -0.1) is 11.3 Å². The molecule has 10 rings (SSSR count). The van der Waals surface area contributed by atoms with Gasteiger partial charge >= 0.3 is 0 Å². The molecule has 1 aliphatic carbocycles. The minimum atomic E-state index is -0.222. The molecule has 55 heavy (non-hydrogen) atoms. The lowest BCUT2D eigenvalue weighted by Gasteiger charge is -2.22. The minimum absolute atomic E-state index is 0.222. The third-order valence-electron chi connectivity index (χ3n) is 10.7. The maximum absolute atomic E-state index is 6.84. The average molecular weight is 727 g/mol. The zero-order valence-corrected chi connectivity index (χ0v) is 31.2. The van der Waals surface area contributed by atoms with E-state index in [1.165, 1.54) is 27.0 Å². The molecular weight excluding hydrogens is 693 g/mol. The highest BCUT2D eigenvalue weighted by molar-refractivity contribution is 7.22. The molecule has 0 aliphatic heterocycles. The van der Waals surface area contributed by atoms with Gasteiger partial charge in [0, 0.05) is 44.2 Å². The van der Waals surface area contributed by atoms with Crippen molar-refractivity contribution in [2.75, 3.05) is 0 Å². The number of nitrogens with zero attached hydrogens (tertiary/aromatic N) is 4. The number of para-hydroxylation sites is 1. The Labute approximate surface area is 323 Å². The van der Waals surface area contributed by atoms with Gasteiger partial charge in [0.05, 0.1) is 15.8 Å². The summed E-state index contributed by atoms with van der Waals surface area (Å²) in [6, 6.07) is 47.6. The summed E-state index contributed by atoms with van der Waals surface area (Å²) >= 11 is 1.76. The molecule has 6 aromatic carbocycles. The number of thiazole rings is 1. The second-order valence-electron chi connectivity index (χ2n) is 14.4. The van der Waals surface area contributed by atoms with Crippen LogP contribution in [0.2, 0.25) is 0 Å². The van der Waals surface area contributed by atoms with Gasteiger partial charge in [0.1, 0.15) is 16.4 Å². The molecule has 0 atom stereocenters. The summed E-state index contributed by atoms with van der Waals surface area (Å²) < 4.78 is 8.06. The zero-order valence-electron chi connectivity index (χ0n) is 30.4. The Bertz CT molecular complexity index is 2920. The van der Waals surface area contributed by atoms with Gasteiger partial charge < -0.3 is 4.42 Å². The third kappa shape index (κ3) is 5.29.